The first-order chi connectivity index (χ1) is 19.6. The molecule has 1 atom stereocenters. The van der Waals surface area contributed by atoms with E-state index in [2.05, 4.69) is 12.2 Å². The minimum Gasteiger partial charge on any atom is -0.490 e. The number of ether oxygens (including phenoxy) is 3. The highest BCUT2D eigenvalue weighted by Gasteiger charge is 2.28. The maximum absolute atomic E-state index is 12.8. The van der Waals surface area contributed by atoms with Crippen molar-refractivity contribution in [2.75, 3.05) is 19.7 Å². The van der Waals surface area contributed by atoms with Crippen LogP contribution >= 0.6 is 0 Å². The summed E-state index contributed by atoms with van der Waals surface area (Å²) in [6.45, 7) is 4.15. The number of hydrogen-bond donors (Lipinski definition) is 0. The molecular weight excluding hydrogens is 502 g/mol. The predicted molar refractivity (Wildman–Crippen MR) is 155 cm³/mol. The van der Waals surface area contributed by atoms with E-state index in [9.17, 15) is 9.59 Å². The lowest BCUT2D eigenvalue weighted by atomic mass is 9.93. The Morgan fingerprint density at radius 3 is 2.10 bits per heavy atom. The summed E-state index contributed by atoms with van der Waals surface area (Å²) in [5.74, 6) is 1.67. The molecule has 0 aromatic heterocycles. The van der Waals surface area contributed by atoms with Crippen LogP contribution in [0.1, 0.15) is 54.9 Å². The van der Waals surface area contributed by atoms with Crippen molar-refractivity contribution in [1.29, 1.82) is 0 Å². The summed E-state index contributed by atoms with van der Waals surface area (Å²) >= 11 is 0. The number of allylic oxidation sites excluding steroid dienone is 1. The van der Waals surface area contributed by atoms with Gasteiger partial charge in [0.15, 0.2) is 0 Å². The lowest BCUT2D eigenvalue weighted by Gasteiger charge is -2.34. The summed E-state index contributed by atoms with van der Waals surface area (Å²) in [4.78, 5) is 26.6. The fourth-order valence-electron chi connectivity index (χ4n) is 5.23. The molecule has 1 aliphatic carbocycles. The van der Waals surface area contributed by atoms with E-state index in [1.165, 1.54) is 0 Å². The van der Waals surface area contributed by atoms with Gasteiger partial charge in [0, 0.05) is 25.9 Å². The SMILES string of the molecule is CCOC(=O)c1ccc(-c2ccc(OCc3ccc(OC4CCN(C(=O)C5C=CCCC5)CC4)cc3)cc2)cc1. The second-order valence-electron chi connectivity index (χ2n) is 10.4. The Hall–Kier alpha value is -4.06. The number of hydrogen-bond acceptors (Lipinski definition) is 5. The number of likely N-dealkylation sites (tertiary alicyclic amines) is 1. The van der Waals surface area contributed by atoms with E-state index in [0.717, 1.165) is 73.4 Å². The lowest BCUT2D eigenvalue weighted by molar-refractivity contribution is -0.136. The number of benzene rings is 3. The monoisotopic (exact) mass is 539 g/mol. The van der Waals surface area contributed by atoms with E-state index in [4.69, 9.17) is 14.2 Å². The smallest absolute Gasteiger partial charge is 0.338 e. The zero-order valence-corrected chi connectivity index (χ0v) is 23.1. The summed E-state index contributed by atoms with van der Waals surface area (Å²) in [5.41, 5.74) is 3.68. The number of amides is 1. The highest BCUT2D eigenvalue weighted by atomic mass is 16.5. The molecule has 40 heavy (non-hydrogen) atoms. The van der Waals surface area contributed by atoms with Crippen LogP contribution in [0.2, 0.25) is 0 Å². The molecule has 208 valence electrons. The Labute approximate surface area is 236 Å². The first kappa shape index (κ1) is 27.5. The average molecular weight is 540 g/mol. The molecule has 2 aliphatic rings. The van der Waals surface area contributed by atoms with Gasteiger partial charge in [-0.15, -0.1) is 0 Å². The molecule has 1 amide bonds. The van der Waals surface area contributed by atoms with Crippen LogP contribution < -0.4 is 9.47 Å². The van der Waals surface area contributed by atoms with E-state index < -0.39 is 0 Å². The van der Waals surface area contributed by atoms with Gasteiger partial charge in [-0.3, -0.25) is 4.79 Å². The first-order valence-corrected chi connectivity index (χ1v) is 14.3. The minimum atomic E-state index is -0.307. The van der Waals surface area contributed by atoms with Gasteiger partial charge < -0.3 is 19.1 Å². The Morgan fingerprint density at radius 2 is 1.48 bits per heavy atom. The summed E-state index contributed by atoms with van der Waals surface area (Å²) < 4.78 is 17.3. The zero-order chi connectivity index (χ0) is 27.7. The van der Waals surface area contributed by atoms with E-state index in [1.807, 2.05) is 65.6 Å². The number of carbonyl (C=O) groups is 2. The van der Waals surface area contributed by atoms with Crippen molar-refractivity contribution in [3.8, 4) is 22.6 Å². The first-order valence-electron chi connectivity index (χ1n) is 14.3. The molecule has 0 saturated carbocycles. The third-order valence-corrected chi connectivity index (χ3v) is 7.54. The van der Waals surface area contributed by atoms with Crippen LogP contribution in [-0.2, 0) is 16.1 Å². The number of nitrogens with zero attached hydrogens (tertiary/aromatic N) is 1. The van der Waals surface area contributed by atoms with Gasteiger partial charge in [-0.25, -0.2) is 4.79 Å². The molecule has 1 unspecified atom stereocenters. The topological polar surface area (TPSA) is 65.1 Å². The Morgan fingerprint density at radius 1 is 0.825 bits per heavy atom. The van der Waals surface area contributed by atoms with Crippen molar-refractivity contribution >= 4 is 11.9 Å². The van der Waals surface area contributed by atoms with Crippen LogP contribution in [-0.4, -0.2) is 42.6 Å². The molecule has 1 heterocycles. The predicted octanol–water partition coefficient (Wildman–Crippen LogP) is 6.84. The number of esters is 1. The number of rotatable bonds is 9. The van der Waals surface area contributed by atoms with Crippen molar-refractivity contribution in [2.45, 2.75) is 51.7 Å². The van der Waals surface area contributed by atoms with Crippen molar-refractivity contribution in [2.24, 2.45) is 5.92 Å². The van der Waals surface area contributed by atoms with Crippen LogP contribution in [0.4, 0.5) is 0 Å². The average Bonchev–Trinajstić information content (AvgIpc) is 3.02. The Balaban J connectivity index is 1.06. The normalized spacial score (nSPS) is 17.3. The van der Waals surface area contributed by atoms with Gasteiger partial charge >= 0.3 is 5.97 Å². The zero-order valence-electron chi connectivity index (χ0n) is 23.1. The van der Waals surface area contributed by atoms with Gasteiger partial charge in [0.2, 0.25) is 5.91 Å². The largest absolute Gasteiger partial charge is 0.490 e. The second-order valence-corrected chi connectivity index (χ2v) is 10.4. The van der Waals surface area contributed by atoms with E-state index >= 15 is 0 Å². The third kappa shape index (κ3) is 7.12. The van der Waals surface area contributed by atoms with Crippen molar-refractivity contribution in [1.82, 2.24) is 4.90 Å². The highest BCUT2D eigenvalue weighted by Crippen LogP contribution is 2.26. The molecule has 1 fully saturated rings. The fourth-order valence-corrected chi connectivity index (χ4v) is 5.23. The van der Waals surface area contributed by atoms with Crippen LogP contribution in [0.5, 0.6) is 11.5 Å². The second kappa shape index (κ2) is 13.3. The Kier molecular flexibility index (Phi) is 9.17. The van der Waals surface area contributed by atoms with Crippen LogP contribution in [0.3, 0.4) is 0 Å². The highest BCUT2D eigenvalue weighted by molar-refractivity contribution is 5.90. The van der Waals surface area contributed by atoms with Gasteiger partial charge in [-0.05, 0) is 79.3 Å². The summed E-state index contributed by atoms with van der Waals surface area (Å²) in [5, 5.41) is 0. The van der Waals surface area contributed by atoms with Crippen molar-refractivity contribution in [3.05, 3.63) is 96.1 Å². The fraction of sp³-hybridized carbons (Fsp3) is 0.353. The molecule has 0 spiro atoms. The third-order valence-electron chi connectivity index (χ3n) is 7.54. The maximum Gasteiger partial charge on any atom is 0.338 e. The molecule has 3 aromatic carbocycles. The molecule has 0 bridgehead atoms. The van der Waals surface area contributed by atoms with Crippen molar-refractivity contribution in [3.63, 3.8) is 0 Å². The molecule has 6 heteroatoms. The summed E-state index contributed by atoms with van der Waals surface area (Å²) in [6.07, 6.45) is 9.25. The maximum atomic E-state index is 12.8. The molecule has 0 N–H and O–H groups in total. The lowest BCUT2D eigenvalue weighted by Crippen LogP contribution is -2.44. The van der Waals surface area contributed by atoms with E-state index in [-0.39, 0.29) is 23.9 Å². The minimum absolute atomic E-state index is 0.0652. The molecule has 1 saturated heterocycles. The number of piperidine rings is 1. The Bertz CT molecular complexity index is 1290. The van der Waals surface area contributed by atoms with Gasteiger partial charge in [0.25, 0.3) is 0 Å². The summed E-state index contributed by atoms with van der Waals surface area (Å²) in [7, 11) is 0. The quantitative estimate of drug-likeness (QED) is 0.220. The van der Waals surface area contributed by atoms with E-state index in [0.29, 0.717) is 18.8 Å². The molecule has 1 aliphatic heterocycles. The molecule has 3 aromatic rings. The van der Waals surface area contributed by atoms with Crippen LogP contribution in [0, 0.1) is 5.92 Å². The number of carbonyl (C=O) groups excluding carboxylic acids is 2. The van der Waals surface area contributed by atoms with Crippen LogP contribution in [0.15, 0.2) is 84.9 Å². The van der Waals surface area contributed by atoms with Crippen LogP contribution in [0.25, 0.3) is 11.1 Å². The van der Waals surface area contributed by atoms with E-state index in [1.54, 1.807) is 19.1 Å². The molecular formula is C34H37NO5. The molecule has 6 nitrogen and oxygen atoms in total. The molecule has 5 rings (SSSR count). The van der Waals surface area contributed by atoms with Gasteiger partial charge in [0.1, 0.15) is 24.2 Å². The standard InChI is InChI=1S/C34H37NO5/c1-2-38-34(37)29-12-10-26(11-13-29)27-14-18-30(19-15-27)39-24-25-8-16-31(17-9-25)40-32-20-22-35(23-21-32)33(36)28-6-4-3-5-7-28/h4,6,8-19,28,32H,2-3,5,7,20-24H2,1H3. The van der Waals surface area contributed by atoms with Gasteiger partial charge in [-0.2, -0.15) is 0 Å². The van der Waals surface area contributed by atoms with Crippen molar-refractivity contribution < 1.29 is 23.8 Å². The van der Waals surface area contributed by atoms with Gasteiger partial charge in [0.05, 0.1) is 18.1 Å². The summed E-state index contributed by atoms with van der Waals surface area (Å²) in [6, 6.07) is 23.4. The molecule has 0 radical (unpaired) electrons. The van der Waals surface area contributed by atoms with Gasteiger partial charge in [-0.1, -0.05) is 48.6 Å².